The third-order valence-corrected chi connectivity index (χ3v) is 4.60. The van der Waals surface area contributed by atoms with Gasteiger partial charge in [-0.25, -0.2) is 4.83 Å². The van der Waals surface area contributed by atoms with Crippen LogP contribution in [0.25, 0.3) is 0 Å². The third kappa shape index (κ3) is 3.83. The molecular weight excluding hydrogens is 370 g/mol. The molecule has 1 aromatic heterocycles. The van der Waals surface area contributed by atoms with E-state index in [4.69, 9.17) is 4.74 Å². The summed E-state index contributed by atoms with van der Waals surface area (Å²) in [4.78, 5) is 6.29. The smallest absolute Gasteiger partial charge is 0.276 e. The summed E-state index contributed by atoms with van der Waals surface area (Å²) in [6.07, 6.45) is 4.43. The van der Waals surface area contributed by atoms with Crippen molar-refractivity contribution in [2.24, 2.45) is 5.10 Å². The van der Waals surface area contributed by atoms with Crippen LogP contribution < -0.4 is 9.57 Å². The molecule has 6 nitrogen and oxygen atoms in total. The lowest BCUT2D eigenvalue weighted by molar-refractivity contribution is 0.411. The molecule has 0 bridgehead atoms. The number of aryl methyl sites for hydroxylation is 1. The number of nitrogens with one attached hydrogen (secondary N) is 1. The van der Waals surface area contributed by atoms with Crippen LogP contribution in [0.15, 0.2) is 51.1 Å². The first-order valence-electron chi connectivity index (χ1n) is 6.23. The van der Waals surface area contributed by atoms with Gasteiger partial charge in [0, 0.05) is 12.4 Å². The molecule has 116 valence electrons. The van der Waals surface area contributed by atoms with Crippen molar-refractivity contribution >= 4 is 32.2 Å². The van der Waals surface area contributed by atoms with Gasteiger partial charge >= 0.3 is 0 Å². The van der Waals surface area contributed by atoms with Gasteiger partial charge in [0.1, 0.15) is 5.75 Å². The van der Waals surface area contributed by atoms with Gasteiger partial charge in [0.05, 0.1) is 28.3 Å². The van der Waals surface area contributed by atoms with Crippen LogP contribution in [-0.4, -0.2) is 26.7 Å². The van der Waals surface area contributed by atoms with Crippen LogP contribution >= 0.6 is 15.9 Å². The normalized spacial score (nSPS) is 11.6. The number of halogens is 1. The van der Waals surface area contributed by atoms with E-state index < -0.39 is 10.0 Å². The van der Waals surface area contributed by atoms with Crippen molar-refractivity contribution in [1.82, 2.24) is 9.82 Å². The Kier molecular flexibility index (Phi) is 5.15. The minimum atomic E-state index is -3.70. The second-order valence-electron chi connectivity index (χ2n) is 4.41. The van der Waals surface area contributed by atoms with Crippen LogP contribution in [0.2, 0.25) is 0 Å². The maximum absolute atomic E-state index is 12.1. The van der Waals surface area contributed by atoms with Crippen molar-refractivity contribution in [1.29, 1.82) is 0 Å². The van der Waals surface area contributed by atoms with E-state index in [1.54, 1.807) is 18.3 Å². The number of hydrazone groups is 1. The average molecular weight is 384 g/mol. The Labute approximate surface area is 137 Å². The average Bonchev–Trinajstić information content (AvgIpc) is 2.48. The summed E-state index contributed by atoms with van der Waals surface area (Å²) in [7, 11) is -2.19. The molecule has 0 unspecified atom stereocenters. The zero-order valence-electron chi connectivity index (χ0n) is 11.9. The van der Waals surface area contributed by atoms with Crippen LogP contribution in [0.3, 0.4) is 0 Å². The topological polar surface area (TPSA) is 80.7 Å². The number of rotatable bonds is 5. The van der Waals surface area contributed by atoms with Crippen molar-refractivity contribution < 1.29 is 13.2 Å². The van der Waals surface area contributed by atoms with Gasteiger partial charge in [-0.1, -0.05) is 17.7 Å². The number of aromatic nitrogens is 1. The SMILES string of the molecule is COc1c(Br)cncc1C=NNS(=O)(=O)c1ccc(C)cc1. The second kappa shape index (κ2) is 6.89. The highest BCUT2D eigenvalue weighted by molar-refractivity contribution is 9.10. The number of pyridine rings is 1. The molecular formula is C14H14BrN3O3S. The summed E-state index contributed by atoms with van der Waals surface area (Å²) in [5.74, 6) is 0.522. The van der Waals surface area contributed by atoms with E-state index in [1.807, 2.05) is 6.92 Å². The van der Waals surface area contributed by atoms with Crippen molar-refractivity contribution in [2.45, 2.75) is 11.8 Å². The number of hydrogen-bond donors (Lipinski definition) is 1. The monoisotopic (exact) mass is 383 g/mol. The van der Waals surface area contributed by atoms with Crippen LogP contribution in [0.4, 0.5) is 0 Å². The molecule has 0 aliphatic heterocycles. The zero-order chi connectivity index (χ0) is 16.2. The molecule has 22 heavy (non-hydrogen) atoms. The number of sulfonamides is 1. The first-order valence-corrected chi connectivity index (χ1v) is 8.50. The molecule has 0 amide bonds. The minimum Gasteiger partial charge on any atom is -0.495 e. The van der Waals surface area contributed by atoms with E-state index in [0.29, 0.717) is 15.8 Å². The number of ether oxygens (including phenoxy) is 1. The van der Waals surface area contributed by atoms with Crippen LogP contribution in [0.5, 0.6) is 5.75 Å². The third-order valence-electron chi connectivity index (χ3n) is 2.79. The molecule has 2 aromatic rings. The molecule has 2 rings (SSSR count). The lowest BCUT2D eigenvalue weighted by Crippen LogP contribution is -2.18. The summed E-state index contributed by atoms with van der Waals surface area (Å²) in [6.45, 7) is 1.88. The number of methoxy groups -OCH3 is 1. The molecule has 1 aromatic carbocycles. The van der Waals surface area contributed by atoms with E-state index in [2.05, 4.69) is 30.8 Å². The Morgan fingerprint density at radius 3 is 2.59 bits per heavy atom. The highest BCUT2D eigenvalue weighted by Crippen LogP contribution is 2.26. The van der Waals surface area contributed by atoms with Gasteiger partial charge in [0.15, 0.2) is 0 Å². The predicted octanol–water partition coefficient (Wildman–Crippen LogP) is 2.47. The largest absolute Gasteiger partial charge is 0.495 e. The summed E-state index contributed by atoms with van der Waals surface area (Å²) < 4.78 is 30.0. The Bertz CT molecular complexity index is 789. The van der Waals surface area contributed by atoms with Gasteiger partial charge < -0.3 is 4.74 Å². The van der Waals surface area contributed by atoms with Crippen molar-refractivity contribution in [3.05, 3.63) is 52.3 Å². The van der Waals surface area contributed by atoms with Crippen LogP contribution in [0.1, 0.15) is 11.1 Å². The Morgan fingerprint density at radius 1 is 1.27 bits per heavy atom. The lowest BCUT2D eigenvalue weighted by atomic mass is 10.2. The van der Waals surface area contributed by atoms with Crippen molar-refractivity contribution in [2.75, 3.05) is 7.11 Å². The van der Waals surface area contributed by atoms with Gasteiger partial charge in [0.2, 0.25) is 0 Å². The molecule has 1 N–H and O–H groups in total. The lowest BCUT2D eigenvalue weighted by Gasteiger charge is -2.06. The van der Waals surface area contributed by atoms with Gasteiger partial charge in [-0.2, -0.15) is 13.5 Å². The van der Waals surface area contributed by atoms with E-state index in [-0.39, 0.29) is 4.90 Å². The summed E-state index contributed by atoms with van der Waals surface area (Å²) in [5, 5.41) is 3.76. The van der Waals surface area contributed by atoms with Crippen molar-refractivity contribution in [3.63, 3.8) is 0 Å². The fourth-order valence-corrected chi connectivity index (χ4v) is 2.98. The van der Waals surface area contributed by atoms with E-state index in [0.717, 1.165) is 5.56 Å². The minimum absolute atomic E-state index is 0.148. The zero-order valence-corrected chi connectivity index (χ0v) is 14.3. The Morgan fingerprint density at radius 2 is 1.95 bits per heavy atom. The maximum atomic E-state index is 12.1. The Balaban J connectivity index is 2.19. The van der Waals surface area contributed by atoms with Gasteiger partial charge in [0.25, 0.3) is 10.0 Å². The molecule has 0 aliphatic carbocycles. The molecule has 0 radical (unpaired) electrons. The van der Waals surface area contributed by atoms with Gasteiger partial charge in [-0.05, 0) is 35.0 Å². The molecule has 0 fully saturated rings. The number of benzene rings is 1. The van der Waals surface area contributed by atoms with Gasteiger partial charge in [-0.15, -0.1) is 0 Å². The van der Waals surface area contributed by atoms with Gasteiger partial charge in [-0.3, -0.25) is 4.98 Å². The standard InChI is InChI=1S/C14H14BrN3O3S/c1-10-3-5-12(6-4-10)22(19,20)18-17-8-11-7-16-9-13(15)14(11)21-2/h3-9,18H,1-2H3. The highest BCUT2D eigenvalue weighted by atomic mass is 79.9. The molecule has 0 saturated heterocycles. The first-order chi connectivity index (χ1) is 10.4. The molecule has 8 heteroatoms. The fraction of sp³-hybridized carbons (Fsp3) is 0.143. The van der Waals surface area contributed by atoms with E-state index in [1.165, 1.54) is 31.7 Å². The van der Waals surface area contributed by atoms with Crippen LogP contribution in [-0.2, 0) is 10.0 Å². The van der Waals surface area contributed by atoms with E-state index in [9.17, 15) is 8.42 Å². The fourth-order valence-electron chi connectivity index (χ4n) is 1.68. The summed E-state index contributed by atoms with van der Waals surface area (Å²) in [5.41, 5.74) is 1.52. The molecule has 0 atom stereocenters. The van der Waals surface area contributed by atoms with E-state index >= 15 is 0 Å². The number of hydrogen-bond acceptors (Lipinski definition) is 5. The first kappa shape index (κ1) is 16.4. The predicted molar refractivity (Wildman–Crippen MR) is 87.6 cm³/mol. The maximum Gasteiger partial charge on any atom is 0.276 e. The highest BCUT2D eigenvalue weighted by Gasteiger charge is 2.12. The van der Waals surface area contributed by atoms with Crippen LogP contribution in [0, 0.1) is 6.92 Å². The number of nitrogens with zero attached hydrogens (tertiary/aromatic N) is 2. The summed E-state index contributed by atoms with van der Waals surface area (Å²) >= 11 is 3.29. The van der Waals surface area contributed by atoms with Crippen molar-refractivity contribution in [3.8, 4) is 5.75 Å². The quantitative estimate of drug-likeness (QED) is 0.635. The molecule has 1 heterocycles. The molecule has 0 saturated carbocycles. The molecule has 0 aliphatic rings. The molecule has 0 spiro atoms. The second-order valence-corrected chi connectivity index (χ2v) is 6.92. The summed E-state index contributed by atoms with van der Waals surface area (Å²) in [6, 6.07) is 6.49. The Hall–Kier alpha value is -1.93.